The fourth-order valence-electron chi connectivity index (χ4n) is 4.31. The quantitative estimate of drug-likeness (QED) is 0.485. The van der Waals surface area contributed by atoms with Crippen molar-refractivity contribution in [2.45, 2.75) is 25.4 Å². The van der Waals surface area contributed by atoms with Crippen molar-refractivity contribution in [2.75, 3.05) is 0 Å². The summed E-state index contributed by atoms with van der Waals surface area (Å²) < 4.78 is 1.44. The van der Waals surface area contributed by atoms with E-state index in [2.05, 4.69) is 10.3 Å². The average Bonchev–Trinajstić information content (AvgIpc) is 3.05. The average molecular weight is 438 g/mol. The van der Waals surface area contributed by atoms with Gasteiger partial charge in [-0.15, -0.1) is 0 Å². The Morgan fingerprint density at radius 2 is 1.61 bits per heavy atom. The van der Waals surface area contributed by atoms with E-state index in [1.165, 1.54) is 10.5 Å². The second kappa shape index (κ2) is 8.02. The van der Waals surface area contributed by atoms with E-state index in [9.17, 15) is 14.4 Å². The number of imide groups is 1. The van der Waals surface area contributed by atoms with Crippen LogP contribution < -0.4 is 10.9 Å². The van der Waals surface area contributed by atoms with Gasteiger partial charge in [-0.05, 0) is 35.7 Å². The van der Waals surface area contributed by atoms with Gasteiger partial charge in [0.2, 0.25) is 0 Å². The number of carbonyl (C=O) groups is 2. The molecular weight excluding hydrogens is 416 g/mol. The van der Waals surface area contributed by atoms with Crippen molar-refractivity contribution in [1.29, 1.82) is 0 Å². The molecule has 0 unspecified atom stereocenters. The summed E-state index contributed by atoms with van der Waals surface area (Å²) in [5, 5.41) is 2.94. The molecule has 4 aromatic rings. The number of amides is 3. The van der Waals surface area contributed by atoms with Gasteiger partial charge in [-0.1, -0.05) is 60.7 Å². The van der Waals surface area contributed by atoms with Crippen molar-refractivity contribution < 1.29 is 9.59 Å². The highest BCUT2D eigenvalue weighted by Crippen LogP contribution is 2.33. The van der Waals surface area contributed by atoms with Gasteiger partial charge in [0.05, 0.1) is 12.2 Å². The lowest BCUT2D eigenvalue weighted by Gasteiger charge is -2.27. The van der Waals surface area contributed by atoms with Crippen LogP contribution in [0.3, 0.4) is 0 Å². The lowest BCUT2D eigenvalue weighted by Crippen LogP contribution is -2.46. The second-order valence-electron chi connectivity index (χ2n) is 8.27. The molecule has 1 aliphatic rings. The first-order chi connectivity index (χ1) is 16.0. The molecule has 33 heavy (non-hydrogen) atoms. The van der Waals surface area contributed by atoms with Gasteiger partial charge in [0.15, 0.2) is 5.54 Å². The maximum atomic E-state index is 13.8. The van der Waals surface area contributed by atoms with Crippen LogP contribution in [0.4, 0.5) is 4.79 Å². The Morgan fingerprint density at radius 3 is 2.33 bits per heavy atom. The largest absolute Gasteiger partial charge is 0.325 e. The van der Waals surface area contributed by atoms with Crippen molar-refractivity contribution in [3.05, 3.63) is 118 Å². The normalized spacial score (nSPS) is 18.0. The molecule has 1 saturated heterocycles. The summed E-state index contributed by atoms with van der Waals surface area (Å²) in [6, 6.07) is 23.3. The third kappa shape index (κ3) is 3.67. The predicted octanol–water partition coefficient (Wildman–Crippen LogP) is 3.19. The molecule has 7 heteroatoms. The number of hydrogen-bond donors (Lipinski definition) is 1. The molecular formula is C26H22N4O3. The van der Waals surface area contributed by atoms with Crippen LogP contribution in [0.25, 0.3) is 5.65 Å². The fraction of sp³-hybridized carbons (Fsp3) is 0.154. The lowest BCUT2D eigenvalue weighted by molar-refractivity contribution is -0.132. The number of nitrogens with zero attached hydrogens (tertiary/aromatic N) is 3. The van der Waals surface area contributed by atoms with Gasteiger partial charge in [0, 0.05) is 18.7 Å². The van der Waals surface area contributed by atoms with E-state index in [1.807, 2.05) is 73.7 Å². The number of aromatic nitrogens is 2. The summed E-state index contributed by atoms with van der Waals surface area (Å²) in [6.45, 7) is 1.82. The van der Waals surface area contributed by atoms with E-state index in [0.717, 1.165) is 16.0 Å². The maximum Gasteiger partial charge on any atom is 0.325 e. The van der Waals surface area contributed by atoms with Gasteiger partial charge in [-0.3, -0.25) is 18.9 Å². The van der Waals surface area contributed by atoms with E-state index in [0.29, 0.717) is 23.3 Å². The number of hydrogen-bond acceptors (Lipinski definition) is 4. The van der Waals surface area contributed by atoms with Crippen LogP contribution >= 0.6 is 0 Å². The van der Waals surface area contributed by atoms with Crippen LogP contribution in [0, 0.1) is 6.92 Å². The van der Waals surface area contributed by atoms with Gasteiger partial charge in [-0.2, -0.15) is 0 Å². The molecule has 3 amide bonds. The molecule has 2 aromatic heterocycles. The Balaban J connectivity index is 1.54. The zero-order valence-electron chi connectivity index (χ0n) is 18.1. The Morgan fingerprint density at radius 1 is 0.909 bits per heavy atom. The van der Waals surface area contributed by atoms with E-state index in [1.54, 1.807) is 12.3 Å². The minimum Gasteiger partial charge on any atom is -0.319 e. The van der Waals surface area contributed by atoms with E-state index in [-0.39, 0.29) is 18.0 Å². The summed E-state index contributed by atoms with van der Waals surface area (Å²) >= 11 is 0. The van der Waals surface area contributed by atoms with Crippen molar-refractivity contribution in [3.63, 3.8) is 0 Å². The third-order valence-electron chi connectivity index (χ3n) is 5.95. The number of aryl methyl sites for hydroxylation is 1. The van der Waals surface area contributed by atoms with Crippen LogP contribution in [0.2, 0.25) is 0 Å². The minimum atomic E-state index is -1.23. The van der Waals surface area contributed by atoms with Gasteiger partial charge in [0.25, 0.3) is 11.5 Å². The third-order valence-corrected chi connectivity index (χ3v) is 5.95. The number of benzene rings is 2. The van der Waals surface area contributed by atoms with Gasteiger partial charge in [0.1, 0.15) is 5.65 Å². The number of pyridine rings is 1. The Kier molecular flexibility index (Phi) is 5.01. The molecule has 5 rings (SSSR count). The first kappa shape index (κ1) is 20.6. The number of nitrogens with one attached hydrogen (secondary N) is 1. The maximum absolute atomic E-state index is 13.8. The molecule has 1 N–H and O–H groups in total. The van der Waals surface area contributed by atoms with Crippen LogP contribution in [0.1, 0.15) is 22.4 Å². The zero-order chi connectivity index (χ0) is 23.0. The van der Waals surface area contributed by atoms with Crippen LogP contribution in [0.5, 0.6) is 0 Å². The molecule has 0 bridgehead atoms. The topological polar surface area (TPSA) is 83.8 Å². The smallest absolute Gasteiger partial charge is 0.319 e. The van der Waals surface area contributed by atoms with E-state index < -0.39 is 11.6 Å². The van der Waals surface area contributed by atoms with Gasteiger partial charge in [-0.25, -0.2) is 9.78 Å². The molecule has 1 fully saturated rings. The summed E-state index contributed by atoms with van der Waals surface area (Å²) in [6.07, 6.45) is 1.98. The van der Waals surface area contributed by atoms with Gasteiger partial charge < -0.3 is 5.32 Å². The van der Waals surface area contributed by atoms with Crippen molar-refractivity contribution in [1.82, 2.24) is 19.6 Å². The molecule has 0 saturated carbocycles. The summed E-state index contributed by atoms with van der Waals surface area (Å²) in [5.74, 6) is -0.367. The molecule has 164 valence electrons. The lowest BCUT2D eigenvalue weighted by atomic mass is 9.83. The number of urea groups is 1. The number of fused-ring (bicyclic) bond motifs is 1. The highest BCUT2D eigenvalue weighted by atomic mass is 16.2. The van der Waals surface area contributed by atoms with Gasteiger partial charge >= 0.3 is 6.03 Å². The van der Waals surface area contributed by atoms with Crippen LogP contribution in [0.15, 0.2) is 89.9 Å². The van der Waals surface area contributed by atoms with E-state index in [4.69, 9.17) is 0 Å². The monoisotopic (exact) mass is 438 g/mol. The number of rotatable bonds is 5. The highest BCUT2D eigenvalue weighted by molar-refractivity contribution is 6.07. The van der Waals surface area contributed by atoms with Crippen LogP contribution in [-0.4, -0.2) is 26.2 Å². The first-order valence-electron chi connectivity index (χ1n) is 10.7. The molecule has 2 aromatic carbocycles. The zero-order valence-corrected chi connectivity index (χ0v) is 18.1. The summed E-state index contributed by atoms with van der Waals surface area (Å²) in [7, 11) is 0. The molecule has 1 aliphatic heterocycles. The summed E-state index contributed by atoms with van der Waals surface area (Å²) in [4.78, 5) is 45.1. The van der Waals surface area contributed by atoms with Crippen molar-refractivity contribution in [3.8, 4) is 0 Å². The fourth-order valence-corrected chi connectivity index (χ4v) is 4.31. The Hall–Kier alpha value is -4.26. The van der Waals surface area contributed by atoms with Crippen molar-refractivity contribution in [2.24, 2.45) is 0 Å². The van der Waals surface area contributed by atoms with Crippen molar-refractivity contribution >= 4 is 17.6 Å². The predicted molar refractivity (Wildman–Crippen MR) is 124 cm³/mol. The molecule has 1 atom stereocenters. The molecule has 3 heterocycles. The number of carbonyl (C=O) groups excluding carboxylic acids is 2. The molecule has 0 radical (unpaired) electrons. The second-order valence-corrected chi connectivity index (χ2v) is 8.27. The first-order valence-corrected chi connectivity index (χ1v) is 10.7. The molecule has 0 spiro atoms. The molecule has 0 aliphatic carbocycles. The Labute approximate surface area is 190 Å². The molecule has 7 nitrogen and oxygen atoms in total. The SMILES string of the molecule is Cc1ccn2c(=O)cc(CN3C(=O)N[C@@](Cc4ccccc4)(c4ccccc4)C3=O)nc2c1. The Bertz CT molecular complexity index is 1420. The van der Waals surface area contributed by atoms with Crippen LogP contribution in [-0.2, 0) is 23.3 Å². The standard InChI is InChI=1S/C26H22N4O3/c1-18-12-13-29-22(14-18)27-21(15-23(29)31)17-30-24(32)26(28-25(30)33,20-10-6-3-7-11-20)16-19-8-4-2-5-9-19/h2-15H,16-17H2,1H3,(H,28,33)/t26-/m0/s1. The van der Waals surface area contributed by atoms with E-state index >= 15 is 0 Å². The highest BCUT2D eigenvalue weighted by Gasteiger charge is 2.52. The summed E-state index contributed by atoms with van der Waals surface area (Å²) in [5.41, 5.74) is 1.93. The minimum absolute atomic E-state index is 0.0896.